The first kappa shape index (κ1) is 23.2. The zero-order valence-electron chi connectivity index (χ0n) is 15.9. The summed E-state index contributed by atoms with van der Waals surface area (Å²) in [6.45, 7) is 12.1. The Morgan fingerprint density at radius 2 is 1.65 bits per heavy atom. The lowest BCUT2D eigenvalue weighted by molar-refractivity contribution is -0.111. The van der Waals surface area contributed by atoms with Gasteiger partial charge in [0.2, 0.25) is 0 Å². The van der Waals surface area contributed by atoms with E-state index in [2.05, 4.69) is 20.8 Å². The fourth-order valence-electron chi connectivity index (χ4n) is 2.84. The Hall–Kier alpha value is 0.157. The van der Waals surface area contributed by atoms with Crippen molar-refractivity contribution in [2.45, 2.75) is 96.8 Å². The van der Waals surface area contributed by atoms with E-state index in [1.54, 1.807) is 0 Å². The van der Waals surface area contributed by atoms with Gasteiger partial charge in [0.05, 0.1) is 0 Å². The van der Waals surface area contributed by atoms with E-state index in [4.69, 9.17) is 8.85 Å². The molecule has 2 atom stereocenters. The summed E-state index contributed by atoms with van der Waals surface area (Å²) in [6, 6.07) is 0. The van der Waals surface area contributed by atoms with E-state index in [0.29, 0.717) is 15.9 Å². The van der Waals surface area contributed by atoms with Gasteiger partial charge in [-0.2, -0.15) is 0 Å². The average molecular weight is 363 g/mol. The van der Waals surface area contributed by atoms with Crippen LogP contribution in [0.2, 0.25) is 5.54 Å². The number of carbonyl (C=O) groups is 1. The van der Waals surface area contributed by atoms with Crippen LogP contribution in [0.25, 0.3) is 0 Å². The molecule has 0 aliphatic carbocycles. The highest BCUT2D eigenvalue weighted by molar-refractivity contribution is 8.14. The predicted octanol–water partition coefficient (Wildman–Crippen LogP) is 5.46. The van der Waals surface area contributed by atoms with Crippen molar-refractivity contribution in [1.82, 2.24) is 0 Å². The highest BCUT2D eigenvalue weighted by atomic mass is 32.2. The maximum atomic E-state index is 12.1. The van der Waals surface area contributed by atoms with Gasteiger partial charge in [-0.05, 0) is 33.1 Å². The maximum Gasteiger partial charge on any atom is 0.324 e. The monoisotopic (exact) mass is 362 g/mol. The second-order valence-electron chi connectivity index (χ2n) is 6.17. The van der Waals surface area contributed by atoms with Crippen molar-refractivity contribution in [2.24, 2.45) is 0 Å². The molecule has 0 heterocycles. The smallest absolute Gasteiger partial charge is 0.324 e. The summed E-state index contributed by atoms with van der Waals surface area (Å²) in [4.78, 5) is 12.1. The fourth-order valence-corrected chi connectivity index (χ4v) is 6.62. The second kappa shape index (κ2) is 15.7. The van der Waals surface area contributed by atoms with Gasteiger partial charge in [0.1, 0.15) is 0 Å². The van der Waals surface area contributed by atoms with Crippen molar-refractivity contribution in [3.8, 4) is 0 Å². The molecule has 0 aliphatic heterocycles. The minimum atomic E-state index is -1.62. The van der Waals surface area contributed by atoms with E-state index in [1.165, 1.54) is 31.0 Å². The van der Waals surface area contributed by atoms with Gasteiger partial charge in [0, 0.05) is 30.4 Å². The van der Waals surface area contributed by atoms with Crippen LogP contribution >= 0.6 is 11.8 Å². The molecule has 0 aliphatic rings. The Bertz CT molecular complexity index is 283. The van der Waals surface area contributed by atoms with Crippen LogP contribution in [0, 0.1) is 0 Å². The van der Waals surface area contributed by atoms with E-state index in [1.807, 2.05) is 13.8 Å². The average Bonchev–Trinajstić information content (AvgIpc) is 2.51. The Morgan fingerprint density at radius 1 is 1.00 bits per heavy atom. The summed E-state index contributed by atoms with van der Waals surface area (Å²) in [5, 5.41) is 0.719. The molecule has 0 spiro atoms. The van der Waals surface area contributed by atoms with Crippen LogP contribution in [-0.4, -0.2) is 32.9 Å². The number of thioether (sulfide) groups is 1. The van der Waals surface area contributed by atoms with Gasteiger partial charge in [0.15, 0.2) is 5.12 Å². The summed E-state index contributed by atoms with van der Waals surface area (Å²) in [5.41, 5.74) is 0.510. The van der Waals surface area contributed by atoms with E-state index in [0.717, 1.165) is 45.3 Å². The van der Waals surface area contributed by atoms with E-state index in [9.17, 15) is 4.79 Å². The lowest BCUT2D eigenvalue weighted by atomic mass is 10.1. The molecule has 3 nitrogen and oxygen atoms in total. The molecule has 0 aromatic heterocycles. The van der Waals surface area contributed by atoms with Gasteiger partial charge < -0.3 is 8.85 Å². The number of hydrogen-bond acceptors (Lipinski definition) is 4. The quantitative estimate of drug-likeness (QED) is 0.286. The zero-order chi connectivity index (χ0) is 17.5. The topological polar surface area (TPSA) is 35.5 Å². The molecule has 0 N–H and O–H groups in total. The van der Waals surface area contributed by atoms with Gasteiger partial charge >= 0.3 is 9.28 Å². The Kier molecular flexibility index (Phi) is 15.8. The zero-order valence-corrected chi connectivity index (χ0v) is 17.9. The Morgan fingerprint density at radius 3 is 2.17 bits per heavy atom. The van der Waals surface area contributed by atoms with Gasteiger partial charge in [-0.25, -0.2) is 0 Å². The summed E-state index contributed by atoms with van der Waals surface area (Å²) < 4.78 is 11.8. The third kappa shape index (κ3) is 12.2. The molecule has 0 saturated heterocycles. The molecule has 0 aromatic carbocycles. The molecule has 0 bridgehead atoms. The summed E-state index contributed by atoms with van der Waals surface area (Å²) in [7, 11) is -1.62. The van der Waals surface area contributed by atoms with Crippen molar-refractivity contribution in [3.63, 3.8) is 0 Å². The van der Waals surface area contributed by atoms with Gasteiger partial charge in [-0.15, -0.1) is 0 Å². The Labute approximate surface area is 150 Å². The van der Waals surface area contributed by atoms with Crippen LogP contribution in [0.3, 0.4) is 0 Å². The van der Waals surface area contributed by atoms with Gasteiger partial charge in [-0.1, -0.05) is 58.2 Å². The van der Waals surface area contributed by atoms with Crippen molar-refractivity contribution >= 4 is 26.2 Å². The number of carbonyl (C=O) groups excluding carboxylic acids is 1. The highest BCUT2D eigenvalue weighted by Crippen LogP contribution is 2.31. The first-order valence-corrected chi connectivity index (χ1v) is 12.0. The van der Waals surface area contributed by atoms with Crippen LogP contribution in [0.15, 0.2) is 0 Å². The summed E-state index contributed by atoms with van der Waals surface area (Å²) in [5.74, 6) is 0. The number of hydrogen-bond donors (Lipinski definition) is 0. The van der Waals surface area contributed by atoms with Crippen LogP contribution in [0.5, 0.6) is 0 Å². The second-order valence-corrected chi connectivity index (χ2v) is 10.0. The van der Waals surface area contributed by atoms with Crippen LogP contribution in [0.4, 0.5) is 0 Å². The molecule has 0 aromatic rings. The predicted molar refractivity (Wildman–Crippen MR) is 104 cm³/mol. The molecular weight excluding hydrogens is 324 g/mol. The van der Waals surface area contributed by atoms with Crippen LogP contribution < -0.4 is 0 Å². The highest BCUT2D eigenvalue weighted by Gasteiger charge is 2.27. The lowest BCUT2D eigenvalue weighted by Gasteiger charge is -2.26. The van der Waals surface area contributed by atoms with Crippen LogP contribution in [0.1, 0.15) is 86.0 Å². The normalized spacial score (nSPS) is 14.2. The van der Waals surface area contributed by atoms with E-state index in [-0.39, 0.29) is 0 Å². The molecule has 5 heteroatoms. The molecule has 0 fully saturated rings. The van der Waals surface area contributed by atoms with Crippen molar-refractivity contribution in [3.05, 3.63) is 0 Å². The summed E-state index contributed by atoms with van der Waals surface area (Å²) in [6.07, 6.45) is 8.74. The molecule has 2 unspecified atom stereocenters. The first-order valence-electron chi connectivity index (χ1n) is 9.51. The fraction of sp³-hybridized carbons (Fsp3) is 0.944. The maximum absolute atomic E-state index is 12.1. The SMILES string of the molecule is CCCCCCC(=O)SC(C)CC(CCC)[SiH](OCC)OCC. The lowest BCUT2D eigenvalue weighted by Crippen LogP contribution is -2.31. The third-order valence-electron chi connectivity index (χ3n) is 3.91. The van der Waals surface area contributed by atoms with Gasteiger partial charge in [0.25, 0.3) is 0 Å². The molecular formula is C18H38O3SSi. The molecule has 0 rings (SSSR count). The van der Waals surface area contributed by atoms with E-state index >= 15 is 0 Å². The first-order chi connectivity index (χ1) is 11.1. The molecule has 0 saturated carbocycles. The van der Waals surface area contributed by atoms with Crippen molar-refractivity contribution in [1.29, 1.82) is 0 Å². The standard InChI is InChI=1S/C18H38O3SSi/c1-6-10-11-12-14-18(19)22-16(5)15-17(13-7-2)23(20-8-3)21-9-4/h16-17,23H,6-15H2,1-5H3. The molecule has 138 valence electrons. The third-order valence-corrected chi connectivity index (χ3v) is 7.67. The minimum Gasteiger partial charge on any atom is -0.397 e. The Balaban J connectivity index is 4.30. The molecule has 0 amide bonds. The number of unbranched alkanes of at least 4 members (excludes halogenated alkanes) is 3. The summed E-state index contributed by atoms with van der Waals surface area (Å²) >= 11 is 1.54. The number of rotatable bonds is 15. The van der Waals surface area contributed by atoms with Crippen molar-refractivity contribution < 1.29 is 13.6 Å². The molecule has 0 radical (unpaired) electrons. The largest absolute Gasteiger partial charge is 0.397 e. The minimum absolute atomic E-state index is 0.356. The van der Waals surface area contributed by atoms with Crippen LogP contribution in [-0.2, 0) is 13.6 Å². The van der Waals surface area contributed by atoms with Gasteiger partial charge in [-0.3, -0.25) is 4.79 Å². The molecule has 23 heavy (non-hydrogen) atoms. The van der Waals surface area contributed by atoms with Crippen molar-refractivity contribution in [2.75, 3.05) is 13.2 Å². The van der Waals surface area contributed by atoms with E-state index < -0.39 is 9.28 Å².